The smallest absolute Gasteiger partial charge is 0.400 e. The first-order valence-corrected chi connectivity index (χ1v) is 11.8. The molecule has 2 saturated heterocycles. The fourth-order valence-electron chi connectivity index (χ4n) is 5.13. The summed E-state index contributed by atoms with van der Waals surface area (Å²) in [6.45, 7) is 1.44. The molecule has 1 spiro atoms. The van der Waals surface area contributed by atoms with Gasteiger partial charge in [0.1, 0.15) is 0 Å². The van der Waals surface area contributed by atoms with Crippen molar-refractivity contribution >= 4 is 34.9 Å². The van der Waals surface area contributed by atoms with Crippen LogP contribution >= 0.6 is 22.9 Å². The highest BCUT2D eigenvalue weighted by Crippen LogP contribution is 2.43. The number of nitrogens with zero attached hydrogens (tertiary/aromatic N) is 1. The Morgan fingerprint density at radius 3 is 2.63 bits per heavy atom. The fraction of sp³-hybridized carbons (Fsp3) is 0.478. The van der Waals surface area contributed by atoms with Crippen LogP contribution in [0, 0.1) is 0 Å². The molecular formula is C23H24ClNO4S. The van der Waals surface area contributed by atoms with Crippen molar-refractivity contribution in [1.82, 2.24) is 4.90 Å². The van der Waals surface area contributed by atoms with Crippen LogP contribution in [0.15, 0.2) is 35.7 Å². The molecule has 0 radical (unpaired) electrons. The lowest BCUT2D eigenvalue weighted by molar-refractivity contribution is -0.266. The molecule has 2 unspecified atom stereocenters. The second-order valence-electron chi connectivity index (χ2n) is 8.40. The monoisotopic (exact) mass is 445 g/mol. The van der Waals surface area contributed by atoms with Gasteiger partial charge in [0.05, 0.1) is 0 Å². The number of likely N-dealkylation sites (tertiary alicyclic amines) is 1. The number of fused-ring (bicyclic) bond motifs is 1. The van der Waals surface area contributed by atoms with Gasteiger partial charge in [-0.25, -0.2) is 14.5 Å². The predicted octanol–water partition coefficient (Wildman–Crippen LogP) is 4.84. The highest BCUT2D eigenvalue weighted by Gasteiger charge is 2.56. The van der Waals surface area contributed by atoms with Gasteiger partial charge in [-0.3, -0.25) is 0 Å². The highest BCUT2D eigenvalue weighted by atomic mass is 35.5. The van der Waals surface area contributed by atoms with E-state index in [2.05, 4.69) is 16.3 Å². The zero-order valence-corrected chi connectivity index (χ0v) is 18.2. The molecule has 7 heteroatoms. The number of halogens is 1. The maximum atomic E-state index is 12.0. The molecule has 0 saturated carbocycles. The van der Waals surface area contributed by atoms with Gasteiger partial charge in [-0.1, -0.05) is 23.7 Å². The maximum Gasteiger partial charge on any atom is 0.421 e. The quantitative estimate of drug-likeness (QED) is 0.497. The Morgan fingerprint density at radius 2 is 1.87 bits per heavy atom. The molecule has 2 aliphatic heterocycles. The van der Waals surface area contributed by atoms with Crippen LogP contribution in [0.3, 0.4) is 0 Å². The number of ether oxygens (including phenoxy) is 2. The van der Waals surface area contributed by atoms with Crippen LogP contribution in [0.5, 0.6) is 0 Å². The average Bonchev–Trinajstić information content (AvgIpc) is 3.33. The minimum Gasteiger partial charge on any atom is -0.400 e. The lowest BCUT2D eigenvalue weighted by Crippen LogP contribution is -2.55. The number of carbonyl (C=O) groups is 2. The van der Waals surface area contributed by atoms with Crippen LogP contribution in [0.1, 0.15) is 59.9 Å². The summed E-state index contributed by atoms with van der Waals surface area (Å²) in [5.41, 5.74) is 2.59. The molecule has 2 fully saturated rings. The minimum atomic E-state index is -1.29. The van der Waals surface area contributed by atoms with Gasteiger partial charge in [0.15, 0.2) is 0 Å². The largest absolute Gasteiger partial charge is 0.421 e. The van der Waals surface area contributed by atoms with Crippen LogP contribution in [0.4, 0.5) is 0 Å². The molecule has 1 aliphatic carbocycles. The Balaban J connectivity index is 1.34. The normalized spacial score (nSPS) is 25.8. The maximum absolute atomic E-state index is 12.0. The summed E-state index contributed by atoms with van der Waals surface area (Å²) in [6.07, 6.45) is 5.89. The Bertz CT molecular complexity index is 940. The summed E-state index contributed by atoms with van der Waals surface area (Å²) in [6, 6.07) is 9.97. The third kappa shape index (κ3) is 3.66. The molecule has 2 aromatic rings. The Morgan fingerprint density at radius 1 is 1.10 bits per heavy atom. The van der Waals surface area contributed by atoms with Gasteiger partial charge in [0.25, 0.3) is 0 Å². The summed E-state index contributed by atoms with van der Waals surface area (Å²) in [5, 5.41) is 2.87. The van der Waals surface area contributed by atoms with Gasteiger partial charge >= 0.3 is 17.8 Å². The third-order valence-corrected chi connectivity index (χ3v) is 7.92. The molecule has 3 heterocycles. The van der Waals surface area contributed by atoms with Crippen molar-refractivity contribution in [2.45, 2.75) is 56.3 Å². The van der Waals surface area contributed by atoms with Crippen molar-refractivity contribution in [2.24, 2.45) is 0 Å². The van der Waals surface area contributed by atoms with Crippen molar-refractivity contribution in [3.8, 4) is 0 Å². The lowest BCUT2D eigenvalue weighted by Gasteiger charge is -2.44. The molecule has 0 N–H and O–H groups in total. The van der Waals surface area contributed by atoms with Crippen molar-refractivity contribution in [1.29, 1.82) is 0 Å². The van der Waals surface area contributed by atoms with Crippen molar-refractivity contribution in [3.63, 3.8) is 0 Å². The molecule has 0 bridgehead atoms. The summed E-state index contributed by atoms with van der Waals surface area (Å²) in [5.74, 6) is -2.43. The number of aryl methyl sites for hydroxylation is 1. The van der Waals surface area contributed by atoms with Gasteiger partial charge in [-0.2, -0.15) is 0 Å². The SMILES string of the molecule is O=C1OC2(CC(c3ccc(Cl)cc3)CCN2CCC2CCCc3sccc32)OC1=O. The van der Waals surface area contributed by atoms with E-state index in [9.17, 15) is 9.59 Å². The van der Waals surface area contributed by atoms with E-state index in [0.717, 1.165) is 24.9 Å². The molecule has 2 atom stereocenters. The second kappa shape index (κ2) is 7.98. The average molecular weight is 446 g/mol. The van der Waals surface area contributed by atoms with Crippen LogP contribution < -0.4 is 0 Å². The number of piperidine rings is 1. The summed E-state index contributed by atoms with van der Waals surface area (Å²) >= 11 is 7.88. The number of hydrogen-bond donors (Lipinski definition) is 0. The number of thiophene rings is 1. The van der Waals surface area contributed by atoms with E-state index in [0.29, 0.717) is 23.9 Å². The summed E-state index contributed by atoms with van der Waals surface area (Å²) in [7, 11) is 0. The zero-order valence-electron chi connectivity index (χ0n) is 16.6. The molecule has 0 amide bonds. The number of hydrogen-bond acceptors (Lipinski definition) is 6. The van der Waals surface area contributed by atoms with E-state index in [-0.39, 0.29) is 5.92 Å². The number of benzene rings is 1. The summed E-state index contributed by atoms with van der Waals surface area (Å²) in [4.78, 5) is 27.5. The van der Waals surface area contributed by atoms with Gasteiger partial charge in [0.2, 0.25) is 0 Å². The Hall–Kier alpha value is -1.89. The standard InChI is InChI=1S/C23H24ClNO4S/c24-18-6-4-15(5-7-18)17-9-12-25(23(14-17)28-21(26)22(27)29-23)11-8-16-2-1-3-20-19(16)10-13-30-20/h4-7,10,13,16-17H,1-3,8-9,11-12,14H2. The molecule has 30 heavy (non-hydrogen) atoms. The molecule has 5 rings (SSSR count). The topological polar surface area (TPSA) is 55.8 Å². The van der Waals surface area contributed by atoms with E-state index < -0.39 is 17.8 Å². The molecule has 3 aliphatic rings. The van der Waals surface area contributed by atoms with Crippen LogP contribution in [-0.4, -0.2) is 35.8 Å². The first-order valence-electron chi connectivity index (χ1n) is 10.6. The first-order chi connectivity index (χ1) is 14.5. The third-order valence-electron chi connectivity index (χ3n) is 6.67. The molecular weight excluding hydrogens is 422 g/mol. The Labute approximate surface area is 184 Å². The van der Waals surface area contributed by atoms with Gasteiger partial charge in [0, 0.05) is 29.4 Å². The van der Waals surface area contributed by atoms with Gasteiger partial charge in [-0.05, 0) is 78.6 Å². The zero-order chi connectivity index (χ0) is 20.7. The number of carbonyl (C=O) groups excluding carboxylic acids is 2. The molecule has 1 aromatic heterocycles. The molecule has 5 nitrogen and oxygen atoms in total. The van der Waals surface area contributed by atoms with Crippen molar-refractivity contribution in [2.75, 3.05) is 13.1 Å². The van der Waals surface area contributed by atoms with Crippen LogP contribution in [0.2, 0.25) is 5.02 Å². The van der Waals surface area contributed by atoms with E-state index in [1.165, 1.54) is 29.7 Å². The van der Waals surface area contributed by atoms with Gasteiger partial charge < -0.3 is 9.47 Å². The first kappa shape index (κ1) is 20.0. The van der Waals surface area contributed by atoms with E-state index in [1.807, 2.05) is 35.6 Å². The minimum absolute atomic E-state index is 0.135. The van der Waals surface area contributed by atoms with E-state index in [4.69, 9.17) is 21.1 Å². The van der Waals surface area contributed by atoms with E-state index >= 15 is 0 Å². The highest BCUT2D eigenvalue weighted by molar-refractivity contribution is 7.10. The predicted molar refractivity (Wildman–Crippen MR) is 115 cm³/mol. The summed E-state index contributed by atoms with van der Waals surface area (Å²) < 4.78 is 11.2. The molecule has 158 valence electrons. The van der Waals surface area contributed by atoms with Crippen LogP contribution in [-0.2, 0) is 25.5 Å². The number of esters is 2. The van der Waals surface area contributed by atoms with Gasteiger partial charge in [-0.15, -0.1) is 11.3 Å². The van der Waals surface area contributed by atoms with Crippen LogP contribution in [0.25, 0.3) is 0 Å². The number of rotatable bonds is 4. The van der Waals surface area contributed by atoms with Crippen molar-refractivity contribution < 1.29 is 19.1 Å². The molecule has 1 aromatic carbocycles. The lowest BCUT2D eigenvalue weighted by atomic mass is 9.84. The Kier molecular flexibility index (Phi) is 5.33. The second-order valence-corrected chi connectivity index (χ2v) is 9.83. The van der Waals surface area contributed by atoms with Crippen molar-refractivity contribution in [3.05, 3.63) is 56.7 Å². The fourth-order valence-corrected chi connectivity index (χ4v) is 6.26. The van der Waals surface area contributed by atoms with E-state index in [1.54, 1.807) is 0 Å².